The summed E-state index contributed by atoms with van der Waals surface area (Å²) < 4.78 is 5.29. The minimum Gasteiger partial charge on any atom is -0.496 e. The molecule has 0 aliphatic rings. The van der Waals surface area contributed by atoms with E-state index in [9.17, 15) is 4.79 Å². The van der Waals surface area contributed by atoms with E-state index in [1.807, 2.05) is 30.6 Å². The lowest BCUT2D eigenvalue weighted by molar-refractivity contribution is -0.856. The average molecular weight is 267 g/mol. The molecule has 106 valence electrons. The Balaban J connectivity index is 2.61. The van der Waals surface area contributed by atoms with Crippen molar-refractivity contribution in [3.63, 3.8) is 0 Å². The Kier molecular flexibility index (Phi) is 6.32. The summed E-state index contributed by atoms with van der Waals surface area (Å²) in [6, 6.07) is 5.88. The summed E-state index contributed by atoms with van der Waals surface area (Å²) in [7, 11) is 7.73. The Hall–Kier alpha value is -1.59. The van der Waals surface area contributed by atoms with Gasteiger partial charge in [-0.15, -0.1) is 0 Å². The topological polar surface area (TPSA) is 59.4 Å². The quantitative estimate of drug-likeness (QED) is 0.517. The Morgan fingerprint density at radius 2 is 2.16 bits per heavy atom. The first kappa shape index (κ1) is 15.5. The number of likely N-dealkylation sites (N-methyl/N-ethyl adjacent to an activating group) is 1. The summed E-state index contributed by atoms with van der Waals surface area (Å²) in [6.45, 7) is 1.62. The first-order chi connectivity index (χ1) is 9.06. The number of benzene rings is 1. The van der Waals surface area contributed by atoms with Gasteiger partial charge in [0, 0.05) is 17.7 Å². The molecule has 1 rings (SSSR count). The molecule has 5 heteroatoms. The van der Waals surface area contributed by atoms with E-state index in [1.54, 1.807) is 7.11 Å². The minimum absolute atomic E-state index is 0.0350. The number of methoxy groups -OCH3 is 1. The summed E-state index contributed by atoms with van der Waals surface area (Å²) in [6.07, 6.45) is 0.355. The molecular weight excluding hydrogens is 242 g/mol. The van der Waals surface area contributed by atoms with Crippen molar-refractivity contribution in [2.24, 2.45) is 0 Å². The molecule has 0 aliphatic carbocycles. The van der Waals surface area contributed by atoms with Crippen LogP contribution < -0.4 is 20.3 Å². The summed E-state index contributed by atoms with van der Waals surface area (Å²) in [5.41, 5.74) is 2.02. The van der Waals surface area contributed by atoms with Crippen LogP contribution >= 0.6 is 0 Å². The van der Waals surface area contributed by atoms with E-state index < -0.39 is 0 Å². The molecular formula is C14H25N3O2+2. The lowest BCUT2D eigenvalue weighted by atomic mass is 10.1. The van der Waals surface area contributed by atoms with E-state index >= 15 is 0 Å². The second kappa shape index (κ2) is 7.76. The van der Waals surface area contributed by atoms with E-state index in [4.69, 9.17) is 4.74 Å². The predicted octanol–water partition coefficient (Wildman–Crippen LogP) is -1.68. The molecule has 0 bridgehead atoms. The molecule has 0 fully saturated rings. The molecule has 1 aromatic rings. The first-order valence-electron chi connectivity index (χ1n) is 6.58. The van der Waals surface area contributed by atoms with Crippen molar-refractivity contribution in [2.75, 3.05) is 41.3 Å². The monoisotopic (exact) mass is 267 g/mol. The van der Waals surface area contributed by atoms with Crippen molar-refractivity contribution in [3.8, 4) is 5.75 Å². The van der Waals surface area contributed by atoms with Crippen molar-refractivity contribution in [2.45, 2.75) is 6.42 Å². The summed E-state index contributed by atoms with van der Waals surface area (Å²) in [5, 5.41) is 4.94. The van der Waals surface area contributed by atoms with Crippen molar-refractivity contribution in [1.82, 2.24) is 5.32 Å². The number of hydrogen-bond acceptors (Lipinski definition) is 2. The van der Waals surface area contributed by atoms with Gasteiger partial charge < -0.3 is 20.3 Å². The van der Waals surface area contributed by atoms with Gasteiger partial charge in [0.1, 0.15) is 11.4 Å². The first-order valence-corrected chi connectivity index (χ1v) is 6.58. The van der Waals surface area contributed by atoms with E-state index in [0.29, 0.717) is 13.0 Å². The van der Waals surface area contributed by atoms with Crippen LogP contribution in [0.15, 0.2) is 18.2 Å². The van der Waals surface area contributed by atoms with E-state index in [2.05, 4.69) is 19.4 Å². The highest BCUT2D eigenvalue weighted by molar-refractivity contribution is 5.79. The van der Waals surface area contributed by atoms with E-state index in [-0.39, 0.29) is 5.91 Å². The second-order valence-corrected chi connectivity index (χ2v) is 4.84. The zero-order valence-electron chi connectivity index (χ0n) is 12.2. The molecule has 1 aromatic carbocycles. The Morgan fingerprint density at radius 1 is 1.42 bits per heavy atom. The lowest BCUT2D eigenvalue weighted by Gasteiger charge is -2.11. The number of nitrogens with one attached hydrogen (secondary N) is 2. The van der Waals surface area contributed by atoms with Crippen molar-refractivity contribution in [3.05, 3.63) is 23.8 Å². The zero-order valence-corrected chi connectivity index (χ0v) is 12.2. The highest BCUT2D eigenvalue weighted by atomic mass is 16.5. The third-order valence-corrected chi connectivity index (χ3v) is 2.94. The van der Waals surface area contributed by atoms with Crippen LogP contribution in [-0.4, -0.2) is 47.2 Å². The maximum absolute atomic E-state index is 11.9. The second-order valence-electron chi connectivity index (χ2n) is 4.84. The van der Waals surface area contributed by atoms with Gasteiger partial charge in [0.15, 0.2) is 0 Å². The maximum atomic E-state index is 11.9. The van der Waals surface area contributed by atoms with Crippen LogP contribution in [0.1, 0.15) is 5.56 Å². The van der Waals surface area contributed by atoms with Gasteiger partial charge in [-0.05, 0) is 6.07 Å². The molecule has 0 atom stereocenters. The molecule has 5 nitrogen and oxygen atoms in total. The number of hydrogen-bond donors (Lipinski definition) is 3. The standard InChI is InChI=1S/C14H23N3O2/c1-15-12-5-6-13(19-4)11(9-12)10-14(18)16-7-8-17(2)3/h5-6,9,15H,7-8,10H2,1-4H3,(H,16,18)/p+2. The van der Waals surface area contributed by atoms with Gasteiger partial charge in [0.25, 0.3) is 0 Å². The average Bonchev–Trinajstić information content (AvgIpc) is 2.38. The van der Waals surface area contributed by atoms with Gasteiger partial charge in [-0.25, -0.2) is 0 Å². The van der Waals surface area contributed by atoms with Crippen LogP contribution in [-0.2, 0) is 11.2 Å². The SMILES string of the molecule is C[NH2+]c1ccc(OC)c(CC(=O)NCC[NH+](C)C)c1. The van der Waals surface area contributed by atoms with Crippen LogP contribution in [0.4, 0.5) is 5.69 Å². The fourth-order valence-corrected chi connectivity index (χ4v) is 1.80. The number of quaternary nitrogens is 2. The third kappa shape index (κ3) is 5.28. The number of carbonyl (C=O) groups excluding carboxylic acids is 1. The maximum Gasteiger partial charge on any atom is 0.224 e. The van der Waals surface area contributed by atoms with E-state index in [1.165, 1.54) is 4.90 Å². The Labute approximate surface area is 114 Å². The fourth-order valence-electron chi connectivity index (χ4n) is 1.80. The number of ether oxygens (including phenoxy) is 1. The molecule has 0 spiro atoms. The van der Waals surface area contributed by atoms with Crippen LogP contribution in [0, 0.1) is 0 Å². The molecule has 0 aliphatic heterocycles. The molecule has 0 radical (unpaired) electrons. The summed E-state index contributed by atoms with van der Waals surface area (Å²) in [4.78, 5) is 13.2. The van der Waals surface area contributed by atoms with Crippen LogP contribution in [0.5, 0.6) is 5.75 Å². The third-order valence-electron chi connectivity index (χ3n) is 2.94. The van der Waals surface area contributed by atoms with Gasteiger partial charge in [-0.3, -0.25) is 4.79 Å². The zero-order chi connectivity index (χ0) is 14.3. The molecule has 1 amide bonds. The van der Waals surface area contributed by atoms with Crippen molar-refractivity contribution >= 4 is 11.6 Å². The number of carbonyl (C=O) groups is 1. The van der Waals surface area contributed by atoms with Gasteiger partial charge in [-0.2, -0.15) is 0 Å². The lowest BCUT2D eigenvalue weighted by Crippen LogP contribution is -3.06. The van der Waals surface area contributed by atoms with Crippen LogP contribution in [0.25, 0.3) is 0 Å². The molecule has 0 aromatic heterocycles. The molecule has 0 saturated heterocycles. The number of rotatable bonds is 7. The Bertz CT molecular complexity index is 419. The molecule has 0 saturated carbocycles. The molecule has 0 heterocycles. The molecule has 0 unspecified atom stereocenters. The van der Waals surface area contributed by atoms with Gasteiger partial charge in [0.05, 0.1) is 47.8 Å². The highest BCUT2D eigenvalue weighted by Crippen LogP contribution is 2.20. The van der Waals surface area contributed by atoms with Crippen molar-refractivity contribution < 1.29 is 19.7 Å². The number of nitrogens with two attached hydrogens (primary N) is 1. The minimum atomic E-state index is 0.0350. The van der Waals surface area contributed by atoms with Gasteiger partial charge in [0.2, 0.25) is 5.91 Å². The molecule has 19 heavy (non-hydrogen) atoms. The largest absolute Gasteiger partial charge is 0.496 e. The van der Waals surface area contributed by atoms with Crippen LogP contribution in [0.2, 0.25) is 0 Å². The number of amides is 1. The van der Waals surface area contributed by atoms with Crippen LogP contribution in [0.3, 0.4) is 0 Å². The predicted molar refractivity (Wildman–Crippen MR) is 74.9 cm³/mol. The van der Waals surface area contributed by atoms with E-state index in [0.717, 1.165) is 23.5 Å². The normalized spacial score (nSPS) is 10.6. The smallest absolute Gasteiger partial charge is 0.224 e. The van der Waals surface area contributed by atoms with Gasteiger partial charge in [-0.1, -0.05) is 0 Å². The summed E-state index contributed by atoms with van der Waals surface area (Å²) >= 11 is 0. The fraction of sp³-hybridized carbons (Fsp3) is 0.500. The summed E-state index contributed by atoms with van der Waals surface area (Å²) in [5.74, 6) is 0.798. The Morgan fingerprint density at radius 3 is 2.74 bits per heavy atom. The molecule has 4 N–H and O–H groups in total. The van der Waals surface area contributed by atoms with Gasteiger partial charge >= 0.3 is 0 Å². The van der Waals surface area contributed by atoms with Crippen molar-refractivity contribution in [1.29, 1.82) is 0 Å². The highest BCUT2D eigenvalue weighted by Gasteiger charge is 2.10.